The molecule has 0 aliphatic carbocycles. The van der Waals surface area contributed by atoms with Crippen molar-refractivity contribution in [2.24, 2.45) is 11.8 Å². The van der Waals surface area contributed by atoms with E-state index in [4.69, 9.17) is 0 Å². The third-order valence-electron chi connectivity index (χ3n) is 7.02. The Balaban J connectivity index is 1.34. The highest BCUT2D eigenvalue weighted by molar-refractivity contribution is 8.00. The SMILES string of the molecule is CCCCCC1CC2CCC(C1)N2C[C@@H](C)CN1C(=O)CSc2ccccc21. The fraction of sp³-hybridized carbons (Fsp3) is 0.708. The molecule has 3 heterocycles. The maximum Gasteiger partial charge on any atom is 0.237 e. The van der Waals surface area contributed by atoms with Crippen LogP contribution >= 0.6 is 11.8 Å². The summed E-state index contributed by atoms with van der Waals surface area (Å²) in [5.41, 5.74) is 1.12. The summed E-state index contributed by atoms with van der Waals surface area (Å²) in [6, 6.07) is 9.98. The van der Waals surface area contributed by atoms with Gasteiger partial charge in [-0.15, -0.1) is 11.8 Å². The molecule has 28 heavy (non-hydrogen) atoms. The molecular weight excluding hydrogens is 364 g/mol. The van der Waals surface area contributed by atoms with Crippen LogP contribution in [0, 0.1) is 11.8 Å². The largest absolute Gasteiger partial charge is 0.310 e. The van der Waals surface area contributed by atoms with Crippen molar-refractivity contribution in [3.05, 3.63) is 24.3 Å². The number of hydrogen-bond acceptors (Lipinski definition) is 3. The minimum atomic E-state index is 0.271. The summed E-state index contributed by atoms with van der Waals surface area (Å²) in [7, 11) is 0. The van der Waals surface area contributed by atoms with Gasteiger partial charge in [-0.1, -0.05) is 51.7 Å². The molecule has 0 saturated carbocycles. The molecule has 1 aromatic carbocycles. The van der Waals surface area contributed by atoms with Gasteiger partial charge >= 0.3 is 0 Å². The van der Waals surface area contributed by atoms with E-state index >= 15 is 0 Å². The summed E-state index contributed by atoms with van der Waals surface area (Å²) in [5.74, 6) is 2.33. The van der Waals surface area contributed by atoms with Crippen LogP contribution in [0.4, 0.5) is 5.69 Å². The number of thioether (sulfide) groups is 1. The molecule has 2 unspecified atom stereocenters. The number of rotatable bonds is 8. The van der Waals surface area contributed by atoms with Crippen LogP contribution in [0.2, 0.25) is 0 Å². The van der Waals surface area contributed by atoms with Crippen molar-refractivity contribution in [3.8, 4) is 0 Å². The third-order valence-corrected chi connectivity index (χ3v) is 8.07. The van der Waals surface area contributed by atoms with Gasteiger partial charge < -0.3 is 4.90 Å². The summed E-state index contributed by atoms with van der Waals surface area (Å²) < 4.78 is 0. The first-order valence-electron chi connectivity index (χ1n) is 11.4. The predicted molar refractivity (Wildman–Crippen MR) is 119 cm³/mol. The number of amides is 1. The van der Waals surface area contributed by atoms with E-state index in [2.05, 4.69) is 47.9 Å². The molecule has 154 valence electrons. The average molecular weight is 401 g/mol. The van der Waals surface area contributed by atoms with Gasteiger partial charge in [0, 0.05) is 30.1 Å². The number of anilines is 1. The van der Waals surface area contributed by atoms with Crippen molar-refractivity contribution in [1.29, 1.82) is 0 Å². The van der Waals surface area contributed by atoms with E-state index in [1.165, 1.54) is 56.3 Å². The Morgan fingerprint density at radius 1 is 1.11 bits per heavy atom. The van der Waals surface area contributed by atoms with Crippen molar-refractivity contribution in [2.75, 3.05) is 23.7 Å². The molecule has 1 amide bonds. The Morgan fingerprint density at radius 2 is 1.86 bits per heavy atom. The van der Waals surface area contributed by atoms with Gasteiger partial charge in [0.25, 0.3) is 0 Å². The number of nitrogens with zero attached hydrogens (tertiary/aromatic N) is 2. The maximum absolute atomic E-state index is 12.6. The maximum atomic E-state index is 12.6. The Morgan fingerprint density at radius 3 is 2.61 bits per heavy atom. The highest BCUT2D eigenvalue weighted by Gasteiger charge is 2.40. The van der Waals surface area contributed by atoms with E-state index in [0.29, 0.717) is 11.7 Å². The summed E-state index contributed by atoms with van der Waals surface area (Å²) >= 11 is 1.68. The quantitative estimate of drug-likeness (QED) is 0.532. The fourth-order valence-corrected chi connectivity index (χ4v) is 6.62. The number of para-hydroxylation sites is 1. The van der Waals surface area contributed by atoms with Crippen LogP contribution in [-0.2, 0) is 4.79 Å². The van der Waals surface area contributed by atoms with Crippen LogP contribution in [0.1, 0.15) is 65.2 Å². The van der Waals surface area contributed by atoms with Crippen LogP contribution in [-0.4, -0.2) is 41.7 Å². The van der Waals surface area contributed by atoms with E-state index in [1.54, 1.807) is 11.8 Å². The lowest BCUT2D eigenvalue weighted by molar-refractivity contribution is -0.116. The zero-order valence-electron chi connectivity index (χ0n) is 17.6. The first-order valence-corrected chi connectivity index (χ1v) is 12.4. The lowest BCUT2D eigenvalue weighted by Crippen LogP contribution is -2.47. The van der Waals surface area contributed by atoms with Gasteiger partial charge in [0.05, 0.1) is 11.4 Å². The molecule has 0 N–H and O–H groups in total. The van der Waals surface area contributed by atoms with Gasteiger partial charge in [0.1, 0.15) is 0 Å². The zero-order valence-corrected chi connectivity index (χ0v) is 18.4. The monoisotopic (exact) mass is 400 g/mol. The van der Waals surface area contributed by atoms with Crippen molar-refractivity contribution in [3.63, 3.8) is 0 Å². The Bertz CT molecular complexity index is 664. The van der Waals surface area contributed by atoms with Gasteiger partial charge in [0.2, 0.25) is 5.91 Å². The average Bonchev–Trinajstić information content (AvgIpc) is 2.92. The predicted octanol–water partition coefficient (Wildman–Crippen LogP) is 5.58. The van der Waals surface area contributed by atoms with Gasteiger partial charge in [-0.25, -0.2) is 0 Å². The molecule has 3 aliphatic heterocycles. The number of fused-ring (bicyclic) bond motifs is 3. The number of benzene rings is 1. The molecule has 4 heteroatoms. The normalized spacial score (nSPS) is 28.4. The lowest BCUT2D eigenvalue weighted by atomic mass is 9.86. The first kappa shape index (κ1) is 20.3. The molecule has 3 atom stereocenters. The van der Waals surface area contributed by atoms with Crippen LogP contribution in [0.5, 0.6) is 0 Å². The van der Waals surface area contributed by atoms with E-state index in [0.717, 1.165) is 36.8 Å². The molecule has 2 saturated heterocycles. The van der Waals surface area contributed by atoms with Crippen LogP contribution in [0.25, 0.3) is 0 Å². The standard InChI is InChI=1S/C24H36N2OS/c1-3-4-5-8-19-13-20-11-12-21(14-19)25(20)15-18(2)16-26-22-9-6-7-10-23(22)28-17-24(26)27/h6-7,9-10,18-21H,3-5,8,11-17H2,1-2H3/t18-,19?,20?,21?/m1/s1. The zero-order chi connectivity index (χ0) is 19.5. The Labute approximate surface area is 175 Å². The Kier molecular flexibility index (Phi) is 6.67. The minimum absolute atomic E-state index is 0.271. The second kappa shape index (κ2) is 9.21. The molecule has 3 aliphatic rings. The van der Waals surface area contributed by atoms with E-state index in [9.17, 15) is 4.79 Å². The molecule has 0 aromatic heterocycles. The van der Waals surface area contributed by atoms with Crippen molar-refractivity contribution in [2.45, 2.75) is 82.2 Å². The number of carbonyl (C=O) groups excluding carboxylic acids is 1. The lowest BCUT2D eigenvalue weighted by Gasteiger charge is -2.41. The summed E-state index contributed by atoms with van der Waals surface area (Å²) in [6.45, 7) is 6.64. The smallest absolute Gasteiger partial charge is 0.237 e. The second-order valence-electron chi connectivity index (χ2n) is 9.28. The summed E-state index contributed by atoms with van der Waals surface area (Å²) in [4.78, 5) is 18.7. The van der Waals surface area contributed by atoms with Crippen molar-refractivity contribution >= 4 is 23.4 Å². The van der Waals surface area contributed by atoms with E-state index in [-0.39, 0.29) is 5.91 Å². The molecule has 1 aromatic rings. The fourth-order valence-electron chi connectivity index (χ4n) is 5.69. The van der Waals surface area contributed by atoms with Gasteiger partial charge in [-0.05, 0) is 49.7 Å². The van der Waals surface area contributed by atoms with Crippen molar-refractivity contribution < 1.29 is 4.79 Å². The van der Waals surface area contributed by atoms with Gasteiger partial charge in [-0.2, -0.15) is 0 Å². The van der Waals surface area contributed by atoms with Crippen molar-refractivity contribution in [1.82, 2.24) is 4.90 Å². The minimum Gasteiger partial charge on any atom is -0.310 e. The van der Waals surface area contributed by atoms with Crippen LogP contribution < -0.4 is 4.90 Å². The topological polar surface area (TPSA) is 23.6 Å². The van der Waals surface area contributed by atoms with E-state index < -0.39 is 0 Å². The van der Waals surface area contributed by atoms with Crippen LogP contribution in [0.3, 0.4) is 0 Å². The molecule has 2 bridgehead atoms. The first-order chi connectivity index (χ1) is 13.7. The summed E-state index contributed by atoms with van der Waals surface area (Å²) in [5, 5.41) is 0. The molecule has 3 nitrogen and oxygen atoms in total. The number of carbonyl (C=O) groups is 1. The summed E-state index contributed by atoms with van der Waals surface area (Å²) in [6.07, 6.45) is 11.2. The van der Waals surface area contributed by atoms with Gasteiger partial charge in [-0.3, -0.25) is 9.69 Å². The van der Waals surface area contributed by atoms with Gasteiger partial charge in [0.15, 0.2) is 0 Å². The molecule has 0 spiro atoms. The Hall–Kier alpha value is -1.00. The molecule has 2 fully saturated rings. The highest BCUT2D eigenvalue weighted by Crippen LogP contribution is 2.41. The second-order valence-corrected chi connectivity index (χ2v) is 10.3. The molecule has 0 radical (unpaired) electrons. The number of piperidine rings is 1. The highest BCUT2D eigenvalue weighted by atomic mass is 32.2. The number of unbranched alkanes of at least 4 members (excludes halogenated alkanes) is 2. The van der Waals surface area contributed by atoms with Crippen LogP contribution in [0.15, 0.2) is 29.2 Å². The molecule has 4 rings (SSSR count). The van der Waals surface area contributed by atoms with E-state index in [1.807, 2.05) is 0 Å². The third kappa shape index (κ3) is 4.43. The number of hydrogen-bond donors (Lipinski definition) is 0. The molecular formula is C24H36N2OS.